The van der Waals surface area contributed by atoms with Crippen LogP contribution >= 0.6 is 0 Å². The predicted octanol–water partition coefficient (Wildman–Crippen LogP) is 1.90. The molecule has 0 aliphatic heterocycles. The van der Waals surface area contributed by atoms with Gasteiger partial charge in [0.05, 0.1) is 20.3 Å². The molecule has 0 aliphatic rings. The van der Waals surface area contributed by atoms with Crippen molar-refractivity contribution < 1.29 is 14.3 Å². The molecule has 2 amide bonds. The molecule has 1 aromatic carbocycles. The van der Waals surface area contributed by atoms with Gasteiger partial charge in [0.1, 0.15) is 5.75 Å². The highest BCUT2D eigenvalue weighted by Crippen LogP contribution is 2.17. The van der Waals surface area contributed by atoms with Crippen molar-refractivity contribution in [2.75, 3.05) is 53.0 Å². The third kappa shape index (κ3) is 8.17. The lowest BCUT2D eigenvalue weighted by molar-refractivity contribution is 0.109. The molecule has 136 valence electrons. The number of nitrogens with zero attached hydrogens (tertiary/aromatic N) is 1. The zero-order chi connectivity index (χ0) is 17.6. The topological polar surface area (TPSA) is 62.8 Å². The molecular weight excluding hydrogens is 306 g/mol. The van der Waals surface area contributed by atoms with Crippen LogP contribution in [0.4, 0.5) is 4.79 Å². The van der Waals surface area contributed by atoms with Gasteiger partial charge in [-0.1, -0.05) is 32.0 Å². The Labute approximate surface area is 145 Å². The number of amides is 2. The fourth-order valence-corrected chi connectivity index (χ4v) is 2.35. The molecule has 1 aromatic rings. The van der Waals surface area contributed by atoms with Crippen molar-refractivity contribution in [1.82, 2.24) is 15.5 Å². The normalized spacial score (nSPS) is 10.7. The number of ether oxygens (including phenoxy) is 2. The summed E-state index contributed by atoms with van der Waals surface area (Å²) in [6, 6.07) is 7.65. The summed E-state index contributed by atoms with van der Waals surface area (Å²) in [5.41, 5.74) is 1.08. The molecule has 0 radical (unpaired) electrons. The summed E-state index contributed by atoms with van der Waals surface area (Å²) in [6.07, 6.45) is 0.734. The zero-order valence-corrected chi connectivity index (χ0v) is 15.1. The summed E-state index contributed by atoms with van der Waals surface area (Å²) in [5, 5.41) is 5.63. The number of carbonyl (C=O) groups excluding carboxylic acids is 1. The molecule has 0 saturated heterocycles. The molecular formula is C18H31N3O3. The van der Waals surface area contributed by atoms with E-state index in [1.807, 2.05) is 24.3 Å². The molecule has 6 nitrogen and oxygen atoms in total. The molecule has 24 heavy (non-hydrogen) atoms. The van der Waals surface area contributed by atoms with Gasteiger partial charge < -0.3 is 25.0 Å². The molecule has 0 spiro atoms. The first-order chi connectivity index (χ1) is 11.7. The summed E-state index contributed by atoms with van der Waals surface area (Å²) in [6.45, 7) is 9.58. The standard InChI is InChI=1S/C18H31N3O3/c1-4-21(5-2)13-15-24-14-12-20-18(22)19-11-10-16-8-6-7-9-17(16)23-3/h6-9H,4-5,10-15H2,1-3H3,(H2,19,20,22). The van der Waals surface area contributed by atoms with E-state index in [-0.39, 0.29) is 6.03 Å². The molecule has 0 heterocycles. The third-order valence-electron chi connectivity index (χ3n) is 3.85. The van der Waals surface area contributed by atoms with Crippen LogP contribution in [0.1, 0.15) is 19.4 Å². The zero-order valence-electron chi connectivity index (χ0n) is 15.1. The minimum absolute atomic E-state index is 0.169. The second-order valence-corrected chi connectivity index (χ2v) is 5.38. The smallest absolute Gasteiger partial charge is 0.314 e. The number of benzene rings is 1. The average molecular weight is 337 g/mol. The largest absolute Gasteiger partial charge is 0.496 e. The first-order valence-corrected chi connectivity index (χ1v) is 8.64. The van der Waals surface area contributed by atoms with Gasteiger partial charge in [0.2, 0.25) is 0 Å². The molecule has 0 unspecified atom stereocenters. The SMILES string of the molecule is CCN(CC)CCOCCNC(=O)NCCc1ccccc1OC. The molecule has 0 aliphatic carbocycles. The second-order valence-electron chi connectivity index (χ2n) is 5.38. The molecule has 6 heteroatoms. The number of hydrogen-bond donors (Lipinski definition) is 2. The van der Waals surface area contributed by atoms with Crippen molar-refractivity contribution in [2.24, 2.45) is 0 Å². The van der Waals surface area contributed by atoms with Gasteiger partial charge in [-0.3, -0.25) is 0 Å². The molecule has 1 rings (SSSR count). The number of hydrogen-bond acceptors (Lipinski definition) is 4. The Bertz CT molecular complexity index is 465. The van der Waals surface area contributed by atoms with Gasteiger partial charge in [0.15, 0.2) is 0 Å². The minimum Gasteiger partial charge on any atom is -0.496 e. The molecule has 0 bridgehead atoms. The van der Waals surface area contributed by atoms with Crippen molar-refractivity contribution in [1.29, 1.82) is 0 Å². The lowest BCUT2D eigenvalue weighted by Crippen LogP contribution is -2.38. The summed E-state index contributed by atoms with van der Waals surface area (Å²) < 4.78 is 10.8. The van der Waals surface area contributed by atoms with Gasteiger partial charge in [-0.25, -0.2) is 4.79 Å². The number of methoxy groups -OCH3 is 1. The average Bonchev–Trinajstić information content (AvgIpc) is 2.61. The van der Waals surface area contributed by atoms with Gasteiger partial charge in [0, 0.05) is 19.6 Å². The molecule has 2 N–H and O–H groups in total. The number of nitrogens with one attached hydrogen (secondary N) is 2. The van der Waals surface area contributed by atoms with Crippen molar-refractivity contribution in [3.8, 4) is 5.75 Å². The highest BCUT2D eigenvalue weighted by molar-refractivity contribution is 5.73. The van der Waals surface area contributed by atoms with Crippen LogP contribution in [0.25, 0.3) is 0 Å². The Morgan fingerprint density at radius 1 is 1.08 bits per heavy atom. The van der Waals surface area contributed by atoms with E-state index < -0.39 is 0 Å². The van der Waals surface area contributed by atoms with Crippen LogP contribution in [-0.2, 0) is 11.2 Å². The van der Waals surface area contributed by atoms with Crippen LogP contribution in [0.5, 0.6) is 5.75 Å². The first kappa shape index (κ1) is 20.3. The number of urea groups is 1. The number of likely N-dealkylation sites (N-methyl/N-ethyl adjacent to an activating group) is 1. The minimum atomic E-state index is -0.169. The van der Waals surface area contributed by atoms with Crippen molar-refractivity contribution >= 4 is 6.03 Å². The Morgan fingerprint density at radius 3 is 2.50 bits per heavy atom. The van der Waals surface area contributed by atoms with E-state index in [4.69, 9.17) is 9.47 Å². The highest BCUT2D eigenvalue weighted by Gasteiger charge is 2.03. The fourth-order valence-electron chi connectivity index (χ4n) is 2.35. The summed E-state index contributed by atoms with van der Waals surface area (Å²) in [7, 11) is 1.65. The number of carbonyl (C=O) groups is 1. The van der Waals surface area contributed by atoms with E-state index in [2.05, 4.69) is 29.4 Å². The lowest BCUT2D eigenvalue weighted by Gasteiger charge is -2.17. The fraction of sp³-hybridized carbons (Fsp3) is 0.611. The Kier molecular flexibility index (Phi) is 10.6. The van der Waals surface area contributed by atoms with Gasteiger partial charge in [-0.2, -0.15) is 0 Å². The Morgan fingerprint density at radius 2 is 1.79 bits per heavy atom. The summed E-state index contributed by atoms with van der Waals surface area (Å²) in [5.74, 6) is 0.848. The maximum atomic E-state index is 11.7. The van der Waals surface area contributed by atoms with Crippen LogP contribution in [-0.4, -0.2) is 64.0 Å². The maximum absolute atomic E-state index is 11.7. The quantitative estimate of drug-likeness (QED) is 0.572. The van der Waals surface area contributed by atoms with E-state index in [9.17, 15) is 4.79 Å². The first-order valence-electron chi connectivity index (χ1n) is 8.64. The number of para-hydroxylation sites is 1. The molecule has 0 aromatic heterocycles. The van der Waals surface area contributed by atoms with E-state index >= 15 is 0 Å². The van der Waals surface area contributed by atoms with E-state index in [0.717, 1.165) is 37.4 Å². The lowest BCUT2D eigenvalue weighted by atomic mass is 10.1. The Balaban J connectivity index is 2.06. The molecule has 0 saturated carbocycles. The summed E-state index contributed by atoms with van der Waals surface area (Å²) in [4.78, 5) is 14.0. The maximum Gasteiger partial charge on any atom is 0.314 e. The summed E-state index contributed by atoms with van der Waals surface area (Å²) >= 11 is 0. The van der Waals surface area contributed by atoms with Crippen LogP contribution in [0.3, 0.4) is 0 Å². The Hall–Kier alpha value is -1.79. The van der Waals surface area contributed by atoms with Crippen LogP contribution < -0.4 is 15.4 Å². The van der Waals surface area contributed by atoms with Crippen molar-refractivity contribution in [3.63, 3.8) is 0 Å². The van der Waals surface area contributed by atoms with Gasteiger partial charge >= 0.3 is 6.03 Å². The highest BCUT2D eigenvalue weighted by atomic mass is 16.5. The monoisotopic (exact) mass is 337 g/mol. The van der Waals surface area contributed by atoms with Crippen LogP contribution in [0.2, 0.25) is 0 Å². The van der Waals surface area contributed by atoms with Crippen LogP contribution in [0, 0.1) is 0 Å². The second kappa shape index (κ2) is 12.6. The van der Waals surface area contributed by atoms with Crippen LogP contribution in [0.15, 0.2) is 24.3 Å². The van der Waals surface area contributed by atoms with Gasteiger partial charge in [-0.05, 0) is 31.1 Å². The van der Waals surface area contributed by atoms with Gasteiger partial charge in [-0.15, -0.1) is 0 Å². The van der Waals surface area contributed by atoms with Crippen molar-refractivity contribution in [3.05, 3.63) is 29.8 Å². The van der Waals surface area contributed by atoms with E-state index in [1.54, 1.807) is 7.11 Å². The van der Waals surface area contributed by atoms with E-state index in [0.29, 0.717) is 26.3 Å². The third-order valence-corrected chi connectivity index (χ3v) is 3.85. The van der Waals surface area contributed by atoms with Gasteiger partial charge in [0.25, 0.3) is 0 Å². The van der Waals surface area contributed by atoms with Crippen molar-refractivity contribution in [2.45, 2.75) is 20.3 Å². The number of rotatable bonds is 12. The molecule has 0 atom stereocenters. The molecule has 0 fully saturated rings. The predicted molar refractivity (Wildman–Crippen MR) is 96.7 cm³/mol. The van der Waals surface area contributed by atoms with E-state index in [1.165, 1.54) is 0 Å².